The normalized spacial score (nSPS) is 14.5. The van der Waals surface area contributed by atoms with Gasteiger partial charge in [0, 0.05) is 25.7 Å². The van der Waals surface area contributed by atoms with Crippen LogP contribution in [0.3, 0.4) is 0 Å². The van der Waals surface area contributed by atoms with Crippen molar-refractivity contribution in [2.45, 2.75) is 6.54 Å². The Morgan fingerprint density at radius 1 is 1.30 bits per heavy atom. The minimum atomic E-state index is -0.139. The first kappa shape index (κ1) is 17.2. The zero-order valence-corrected chi connectivity index (χ0v) is 14.9. The molecular formula is C18H20N6O3. The summed E-state index contributed by atoms with van der Waals surface area (Å²) in [6, 6.07) is 6.79. The van der Waals surface area contributed by atoms with E-state index in [-0.39, 0.29) is 18.2 Å². The number of imidazole rings is 1. The predicted octanol–water partition coefficient (Wildman–Crippen LogP) is 0.781. The van der Waals surface area contributed by atoms with Crippen molar-refractivity contribution in [3.8, 4) is 17.1 Å². The highest BCUT2D eigenvalue weighted by Gasteiger charge is 2.21. The predicted molar refractivity (Wildman–Crippen MR) is 99.5 cm³/mol. The Labute approximate surface area is 155 Å². The molecule has 9 heteroatoms. The maximum absolute atomic E-state index is 11.8. The largest absolute Gasteiger partial charge is 0.508 e. The Morgan fingerprint density at radius 2 is 2.11 bits per heavy atom. The average molecular weight is 368 g/mol. The van der Waals surface area contributed by atoms with Gasteiger partial charge in [-0.1, -0.05) is 12.1 Å². The highest BCUT2D eigenvalue weighted by molar-refractivity contribution is 5.87. The fraction of sp³-hybridized carbons (Fsp3) is 0.333. The van der Waals surface area contributed by atoms with Gasteiger partial charge in [-0.25, -0.2) is 15.0 Å². The third-order valence-corrected chi connectivity index (χ3v) is 4.45. The monoisotopic (exact) mass is 368 g/mol. The van der Waals surface area contributed by atoms with Gasteiger partial charge in [0.05, 0.1) is 19.5 Å². The van der Waals surface area contributed by atoms with E-state index in [1.807, 2.05) is 6.07 Å². The van der Waals surface area contributed by atoms with E-state index in [1.165, 1.54) is 0 Å². The first-order chi connectivity index (χ1) is 13.2. The Kier molecular flexibility index (Phi) is 4.59. The number of phenols is 1. The standard InChI is InChI=1S/C18H20N6O3/c1-19-14(26)10-24-11-20-15-17(23-5-7-27-8-6-23)21-16(22-18(15)24)12-3-2-4-13(25)9-12/h2-4,9,11,25H,5-8,10H2,1H3,(H,19,26). The molecule has 1 aliphatic heterocycles. The molecular weight excluding hydrogens is 348 g/mol. The zero-order chi connectivity index (χ0) is 18.8. The van der Waals surface area contributed by atoms with Crippen LogP contribution in [-0.4, -0.2) is 63.9 Å². The fourth-order valence-corrected chi connectivity index (χ4v) is 3.05. The Balaban J connectivity index is 1.87. The zero-order valence-electron chi connectivity index (χ0n) is 14.9. The van der Waals surface area contributed by atoms with Crippen molar-refractivity contribution >= 4 is 22.9 Å². The topological polar surface area (TPSA) is 105 Å². The lowest BCUT2D eigenvalue weighted by molar-refractivity contribution is -0.121. The molecule has 27 heavy (non-hydrogen) atoms. The van der Waals surface area contributed by atoms with Gasteiger partial charge in [0.1, 0.15) is 12.3 Å². The molecule has 4 rings (SSSR count). The van der Waals surface area contributed by atoms with Gasteiger partial charge in [0.25, 0.3) is 0 Å². The van der Waals surface area contributed by atoms with Crippen LogP contribution in [0.2, 0.25) is 0 Å². The van der Waals surface area contributed by atoms with E-state index in [4.69, 9.17) is 9.72 Å². The molecule has 0 saturated carbocycles. The van der Waals surface area contributed by atoms with Crippen molar-refractivity contribution in [1.29, 1.82) is 0 Å². The molecule has 1 amide bonds. The van der Waals surface area contributed by atoms with Crippen LogP contribution in [0.4, 0.5) is 5.82 Å². The van der Waals surface area contributed by atoms with E-state index in [9.17, 15) is 9.90 Å². The number of morpholine rings is 1. The van der Waals surface area contributed by atoms with E-state index in [0.29, 0.717) is 54.7 Å². The van der Waals surface area contributed by atoms with Gasteiger partial charge in [0.15, 0.2) is 22.8 Å². The highest BCUT2D eigenvalue weighted by atomic mass is 16.5. The molecule has 1 fully saturated rings. The second kappa shape index (κ2) is 7.20. The lowest BCUT2D eigenvalue weighted by Crippen LogP contribution is -2.37. The summed E-state index contributed by atoms with van der Waals surface area (Å²) >= 11 is 0. The molecule has 9 nitrogen and oxygen atoms in total. The number of hydrogen-bond acceptors (Lipinski definition) is 7. The van der Waals surface area contributed by atoms with Gasteiger partial charge >= 0.3 is 0 Å². The smallest absolute Gasteiger partial charge is 0.239 e. The summed E-state index contributed by atoms with van der Waals surface area (Å²) in [5, 5.41) is 12.4. The van der Waals surface area contributed by atoms with Crippen molar-refractivity contribution in [2.24, 2.45) is 0 Å². The number of nitrogens with one attached hydrogen (secondary N) is 1. The second-order valence-electron chi connectivity index (χ2n) is 6.24. The van der Waals surface area contributed by atoms with E-state index in [0.717, 1.165) is 0 Å². The number of ether oxygens (including phenoxy) is 1. The first-order valence-electron chi connectivity index (χ1n) is 8.71. The Hall–Kier alpha value is -3.20. The number of rotatable bonds is 4. The van der Waals surface area contributed by atoms with Gasteiger partial charge in [-0.15, -0.1) is 0 Å². The Morgan fingerprint density at radius 3 is 2.85 bits per heavy atom. The lowest BCUT2D eigenvalue weighted by atomic mass is 10.2. The molecule has 2 N–H and O–H groups in total. The minimum Gasteiger partial charge on any atom is -0.508 e. The van der Waals surface area contributed by atoms with Crippen LogP contribution >= 0.6 is 0 Å². The summed E-state index contributed by atoms with van der Waals surface area (Å²) < 4.78 is 7.14. The molecule has 0 spiro atoms. The number of nitrogens with zero attached hydrogens (tertiary/aromatic N) is 5. The van der Waals surface area contributed by atoms with E-state index >= 15 is 0 Å². The number of fused-ring (bicyclic) bond motifs is 1. The van der Waals surface area contributed by atoms with Crippen LogP contribution in [0.25, 0.3) is 22.6 Å². The number of carbonyl (C=O) groups is 1. The molecule has 3 aromatic rings. The van der Waals surface area contributed by atoms with E-state index < -0.39 is 0 Å². The third kappa shape index (κ3) is 3.41. The van der Waals surface area contributed by atoms with Crippen LogP contribution < -0.4 is 10.2 Å². The molecule has 1 saturated heterocycles. The molecule has 1 aromatic carbocycles. The molecule has 0 atom stereocenters. The minimum absolute atomic E-state index is 0.117. The van der Waals surface area contributed by atoms with Crippen LogP contribution in [0, 0.1) is 0 Å². The number of aromatic nitrogens is 4. The van der Waals surface area contributed by atoms with Crippen molar-refractivity contribution in [3.63, 3.8) is 0 Å². The van der Waals surface area contributed by atoms with Crippen molar-refractivity contribution in [2.75, 3.05) is 38.3 Å². The summed E-state index contributed by atoms with van der Waals surface area (Å²) in [5.41, 5.74) is 1.91. The summed E-state index contributed by atoms with van der Waals surface area (Å²) in [4.78, 5) is 27.8. The third-order valence-electron chi connectivity index (χ3n) is 4.45. The molecule has 2 aromatic heterocycles. The number of aromatic hydroxyl groups is 1. The summed E-state index contributed by atoms with van der Waals surface area (Å²) in [7, 11) is 1.59. The maximum Gasteiger partial charge on any atom is 0.239 e. The number of phenolic OH excluding ortho intramolecular Hbond substituents is 1. The highest BCUT2D eigenvalue weighted by Crippen LogP contribution is 2.28. The molecule has 0 radical (unpaired) electrons. The lowest BCUT2D eigenvalue weighted by Gasteiger charge is -2.28. The quantitative estimate of drug-likeness (QED) is 0.701. The molecule has 3 heterocycles. The number of hydrogen-bond donors (Lipinski definition) is 2. The molecule has 0 aliphatic carbocycles. The van der Waals surface area contributed by atoms with Crippen LogP contribution in [-0.2, 0) is 16.1 Å². The number of anilines is 1. The first-order valence-corrected chi connectivity index (χ1v) is 8.71. The summed E-state index contributed by atoms with van der Waals surface area (Å²) in [6.45, 7) is 2.76. The number of benzene rings is 1. The van der Waals surface area contributed by atoms with Crippen LogP contribution in [0.1, 0.15) is 0 Å². The maximum atomic E-state index is 11.8. The van der Waals surface area contributed by atoms with E-state index in [1.54, 1.807) is 36.1 Å². The van der Waals surface area contributed by atoms with Crippen molar-refractivity contribution in [1.82, 2.24) is 24.8 Å². The summed E-state index contributed by atoms with van der Waals surface area (Å²) in [5.74, 6) is 1.18. The molecule has 0 unspecified atom stereocenters. The van der Waals surface area contributed by atoms with E-state index in [2.05, 4.69) is 20.2 Å². The molecule has 140 valence electrons. The number of amides is 1. The number of likely N-dealkylation sites (N-methyl/N-ethyl adjacent to an activating group) is 1. The van der Waals surface area contributed by atoms with Crippen molar-refractivity contribution in [3.05, 3.63) is 30.6 Å². The average Bonchev–Trinajstić information content (AvgIpc) is 3.10. The van der Waals surface area contributed by atoms with Crippen LogP contribution in [0.15, 0.2) is 30.6 Å². The molecule has 0 bridgehead atoms. The van der Waals surface area contributed by atoms with Crippen molar-refractivity contribution < 1.29 is 14.6 Å². The van der Waals surface area contributed by atoms with Gasteiger partial charge in [-0.3, -0.25) is 4.79 Å². The molecule has 1 aliphatic rings. The SMILES string of the molecule is CNC(=O)Cn1cnc2c(N3CCOCC3)nc(-c3cccc(O)c3)nc21. The van der Waals surface area contributed by atoms with Crippen LogP contribution in [0.5, 0.6) is 5.75 Å². The van der Waals surface area contributed by atoms with Gasteiger partial charge < -0.3 is 24.6 Å². The number of carbonyl (C=O) groups excluding carboxylic acids is 1. The van der Waals surface area contributed by atoms with Gasteiger partial charge in [0.2, 0.25) is 5.91 Å². The Bertz CT molecular complexity index is 980. The fourth-order valence-electron chi connectivity index (χ4n) is 3.05. The second-order valence-corrected chi connectivity index (χ2v) is 6.24. The summed E-state index contributed by atoms with van der Waals surface area (Å²) in [6.07, 6.45) is 1.60. The van der Waals surface area contributed by atoms with Gasteiger partial charge in [-0.2, -0.15) is 0 Å². The van der Waals surface area contributed by atoms with Gasteiger partial charge in [-0.05, 0) is 12.1 Å².